The Balaban J connectivity index is 2.27. The molecule has 0 bridgehead atoms. The van der Waals surface area contributed by atoms with E-state index in [1.807, 2.05) is 30.5 Å². The average molecular weight is 200 g/mol. The molecule has 1 aliphatic rings. The van der Waals surface area contributed by atoms with Crippen LogP contribution in [0.1, 0.15) is 5.69 Å². The molecule has 1 aliphatic heterocycles. The van der Waals surface area contributed by atoms with Gasteiger partial charge in [-0.25, -0.2) is 0 Å². The maximum Gasteiger partial charge on any atom is 0.143 e. The first-order valence-electron chi connectivity index (χ1n) is 5.03. The van der Waals surface area contributed by atoms with Gasteiger partial charge in [-0.1, -0.05) is 0 Å². The lowest BCUT2D eigenvalue weighted by Gasteiger charge is -2.09. The predicted octanol–water partition coefficient (Wildman–Crippen LogP) is 1.99. The van der Waals surface area contributed by atoms with Crippen LogP contribution in [-0.2, 0) is 6.42 Å². The molecular formula is C12H12N2O. The van der Waals surface area contributed by atoms with E-state index < -0.39 is 0 Å². The maximum atomic E-state index is 5.79. The molecule has 3 rings (SSSR count). The van der Waals surface area contributed by atoms with Crippen LogP contribution >= 0.6 is 0 Å². The van der Waals surface area contributed by atoms with Gasteiger partial charge in [0.1, 0.15) is 5.75 Å². The second kappa shape index (κ2) is 3.05. The molecule has 0 fully saturated rings. The van der Waals surface area contributed by atoms with E-state index in [0.717, 1.165) is 30.2 Å². The fourth-order valence-electron chi connectivity index (χ4n) is 1.97. The topological polar surface area (TPSA) is 40.2 Å². The summed E-state index contributed by atoms with van der Waals surface area (Å²) in [5.74, 6) is 0.902. The number of rotatable bonds is 0. The number of ether oxygens (including phenoxy) is 1. The number of nitrogen functional groups attached to an aromatic ring is 1. The van der Waals surface area contributed by atoms with Crippen molar-refractivity contribution in [1.82, 2.24) is 4.57 Å². The van der Waals surface area contributed by atoms with Crippen LogP contribution in [0.25, 0.3) is 5.69 Å². The van der Waals surface area contributed by atoms with Crippen LogP contribution < -0.4 is 10.5 Å². The van der Waals surface area contributed by atoms with Crippen LogP contribution in [-0.4, -0.2) is 11.2 Å². The molecule has 0 aliphatic carbocycles. The van der Waals surface area contributed by atoms with Crippen molar-refractivity contribution in [1.29, 1.82) is 0 Å². The number of benzene rings is 1. The van der Waals surface area contributed by atoms with Crippen molar-refractivity contribution in [2.45, 2.75) is 6.42 Å². The molecule has 3 nitrogen and oxygen atoms in total. The van der Waals surface area contributed by atoms with Crippen LogP contribution in [0.2, 0.25) is 0 Å². The molecule has 0 saturated heterocycles. The number of hydrogen-bond donors (Lipinski definition) is 1. The fraction of sp³-hybridized carbons (Fsp3) is 0.167. The van der Waals surface area contributed by atoms with E-state index >= 15 is 0 Å². The zero-order valence-electron chi connectivity index (χ0n) is 8.31. The van der Waals surface area contributed by atoms with E-state index in [2.05, 4.69) is 10.6 Å². The van der Waals surface area contributed by atoms with Gasteiger partial charge in [-0.15, -0.1) is 0 Å². The molecule has 0 spiro atoms. The number of aromatic nitrogens is 1. The van der Waals surface area contributed by atoms with E-state index in [-0.39, 0.29) is 0 Å². The molecule has 3 heteroatoms. The third-order valence-corrected chi connectivity index (χ3v) is 2.69. The molecule has 0 unspecified atom stereocenters. The van der Waals surface area contributed by atoms with Crippen molar-refractivity contribution in [2.75, 3.05) is 12.3 Å². The lowest BCUT2D eigenvalue weighted by molar-refractivity contribution is 0.326. The minimum Gasteiger partial charge on any atom is -0.491 e. The minimum absolute atomic E-state index is 0.723. The third-order valence-electron chi connectivity index (χ3n) is 2.69. The Labute approximate surface area is 88.1 Å². The summed E-state index contributed by atoms with van der Waals surface area (Å²) in [6.45, 7) is 0.723. The summed E-state index contributed by atoms with van der Waals surface area (Å²) in [5.41, 5.74) is 8.85. The molecule has 2 heterocycles. The van der Waals surface area contributed by atoms with Crippen molar-refractivity contribution >= 4 is 5.69 Å². The highest BCUT2D eigenvalue weighted by Gasteiger charge is 2.13. The predicted molar refractivity (Wildman–Crippen MR) is 59.4 cm³/mol. The van der Waals surface area contributed by atoms with Crippen molar-refractivity contribution < 1.29 is 4.74 Å². The highest BCUT2D eigenvalue weighted by atomic mass is 16.5. The molecule has 2 N–H and O–H groups in total. The number of anilines is 1. The van der Waals surface area contributed by atoms with Gasteiger partial charge in [0.15, 0.2) is 0 Å². The number of nitrogens with two attached hydrogens (primary N) is 1. The van der Waals surface area contributed by atoms with Crippen molar-refractivity contribution in [3.8, 4) is 11.4 Å². The Hall–Kier alpha value is -1.90. The molecule has 1 aromatic carbocycles. The molecular weight excluding hydrogens is 188 g/mol. The van der Waals surface area contributed by atoms with Gasteiger partial charge < -0.3 is 15.0 Å². The summed E-state index contributed by atoms with van der Waals surface area (Å²) < 4.78 is 7.81. The fourth-order valence-corrected chi connectivity index (χ4v) is 1.97. The molecule has 76 valence electrons. The minimum atomic E-state index is 0.723. The zero-order chi connectivity index (χ0) is 10.3. The second-order valence-electron chi connectivity index (χ2n) is 3.70. The van der Waals surface area contributed by atoms with E-state index in [1.54, 1.807) is 0 Å². The van der Waals surface area contributed by atoms with Gasteiger partial charge in [0.25, 0.3) is 0 Å². The van der Waals surface area contributed by atoms with Crippen LogP contribution in [0.5, 0.6) is 5.75 Å². The van der Waals surface area contributed by atoms with Crippen LogP contribution in [0.4, 0.5) is 5.69 Å². The van der Waals surface area contributed by atoms with E-state index in [0.29, 0.717) is 0 Å². The first-order chi connectivity index (χ1) is 7.34. The van der Waals surface area contributed by atoms with Crippen LogP contribution in [0, 0.1) is 0 Å². The van der Waals surface area contributed by atoms with Gasteiger partial charge in [-0.3, -0.25) is 0 Å². The molecule has 0 radical (unpaired) electrons. The smallest absolute Gasteiger partial charge is 0.143 e. The molecule has 0 saturated carbocycles. The zero-order valence-corrected chi connectivity index (χ0v) is 8.31. The highest BCUT2D eigenvalue weighted by Crippen LogP contribution is 2.29. The third kappa shape index (κ3) is 1.28. The first-order valence-corrected chi connectivity index (χ1v) is 5.03. The Morgan fingerprint density at radius 2 is 2.20 bits per heavy atom. The second-order valence-corrected chi connectivity index (χ2v) is 3.70. The largest absolute Gasteiger partial charge is 0.491 e. The number of nitrogens with zero attached hydrogens (tertiary/aromatic N) is 1. The Bertz CT molecular complexity index is 502. The van der Waals surface area contributed by atoms with Gasteiger partial charge in [0.05, 0.1) is 12.3 Å². The molecule has 2 aromatic rings. The van der Waals surface area contributed by atoms with Crippen molar-refractivity contribution in [2.24, 2.45) is 0 Å². The molecule has 0 amide bonds. The summed E-state index contributed by atoms with van der Waals surface area (Å²) in [4.78, 5) is 0. The highest BCUT2D eigenvalue weighted by molar-refractivity contribution is 5.57. The summed E-state index contributed by atoms with van der Waals surface area (Å²) >= 11 is 0. The Morgan fingerprint density at radius 1 is 1.27 bits per heavy atom. The standard InChI is InChI=1S/C12H12N2O/c13-9-3-4-12-11(8-9)14-6-1-2-10(14)5-7-15-12/h1-4,6,8H,5,7,13H2. The average Bonchev–Trinajstić information content (AvgIpc) is 2.62. The summed E-state index contributed by atoms with van der Waals surface area (Å²) in [6, 6.07) is 9.91. The van der Waals surface area contributed by atoms with Crippen LogP contribution in [0.3, 0.4) is 0 Å². The molecule has 0 atom stereocenters. The lowest BCUT2D eigenvalue weighted by atomic mass is 10.2. The van der Waals surface area contributed by atoms with Gasteiger partial charge in [-0.2, -0.15) is 0 Å². The number of hydrogen-bond acceptors (Lipinski definition) is 2. The van der Waals surface area contributed by atoms with E-state index in [1.165, 1.54) is 5.69 Å². The van der Waals surface area contributed by atoms with Gasteiger partial charge in [0, 0.05) is 24.0 Å². The molecule has 15 heavy (non-hydrogen) atoms. The first kappa shape index (κ1) is 8.41. The molecule has 1 aromatic heterocycles. The van der Waals surface area contributed by atoms with Crippen LogP contribution in [0.15, 0.2) is 36.5 Å². The lowest BCUT2D eigenvalue weighted by Crippen LogP contribution is -1.98. The SMILES string of the molecule is Nc1ccc2c(c1)-n1cccc1CCO2. The number of fused-ring (bicyclic) bond motifs is 3. The van der Waals surface area contributed by atoms with Gasteiger partial charge >= 0.3 is 0 Å². The Morgan fingerprint density at radius 3 is 3.13 bits per heavy atom. The summed E-state index contributed by atoms with van der Waals surface area (Å²) in [6.07, 6.45) is 2.98. The van der Waals surface area contributed by atoms with E-state index in [4.69, 9.17) is 10.5 Å². The summed E-state index contributed by atoms with van der Waals surface area (Å²) in [5, 5.41) is 0. The maximum absolute atomic E-state index is 5.79. The van der Waals surface area contributed by atoms with Crippen molar-refractivity contribution in [3.05, 3.63) is 42.2 Å². The van der Waals surface area contributed by atoms with E-state index in [9.17, 15) is 0 Å². The monoisotopic (exact) mass is 200 g/mol. The Kier molecular flexibility index (Phi) is 1.71. The van der Waals surface area contributed by atoms with Gasteiger partial charge in [-0.05, 0) is 30.3 Å². The van der Waals surface area contributed by atoms with Crippen molar-refractivity contribution in [3.63, 3.8) is 0 Å². The summed E-state index contributed by atoms with van der Waals surface area (Å²) in [7, 11) is 0. The normalized spacial score (nSPS) is 13.6. The van der Waals surface area contributed by atoms with Gasteiger partial charge in [0.2, 0.25) is 0 Å². The quantitative estimate of drug-likeness (QED) is 0.661.